The van der Waals surface area contributed by atoms with Gasteiger partial charge < -0.3 is 78.1 Å². The summed E-state index contributed by atoms with van der Waals surface area (Å²) in [6.07, 6.45) is 23.3. The highest BCUT2D eigenvalue weighted by Crippen LogP contribution is 2.41. The Morgan fingerprint density at radius 3 is 0.951 bits per heavy atom. The van der Waals surface area contributed by atoms with E-state index in [2.05, 4.69) is 164 Å². The van der Waals surface area contributed by atoms with Crippen LogP contribution in [0.5, 0.6) is 46.0 Å². The molecule has 0 bridgehead atoms. The van der Waals surface area contributed by atoms with Crippen molar-refractivity contribution in [3.63, 3.8) is 0 Å². The van der Waals surface area contributed by atoms with Gasteiger partial charge in [-0.2, -0.15) is 20.4 Å². The Morgan fingerprint density at radius 2 is 0.664 bits per heavy atom. The SMILES string of the molecule is CCCN1CCN(CCN(c2cc(OC)cc(OC)c2)c2ccc3ncc(-c4cnn(C)c4)nc3c2)CC1.CCCNCCN(c1cc(OC)cc(OC)c1)c1ccc2ncc(-c3cnn(C)c3)nc2c1.CCN(CCN(c1cc(OC)cc(OC)c1)c1ccc2ncc(-c3cnn(C)c3)nc2c1)C(C)C.COc1cc(OC)cc(N(C[C@H](O)CNCC(C)(F)F)c2ccc3ncc(-c4cnn(C)c4)nc3c2)c1. The van der Waals surface area contributed by atoms with Crippen LogP contribution >= 0.6 is 0 Å². The molecule has 1 aliphatic heterocycles. The van der Waals surface area contributed by atoms with Gasteiger partial charge in [-0.3, -0.25) is 48.5 Å². The molecular weight excluding hydrogens is 1820 g/mol. The highest BCUT2D eigenvalue weighted by Gasteiger charge is 2.27. The summed E-state index contributed by atoms with van der Waals surface area (Å²) in [5.41, 5.74) is 20.7. The molecule has 0 unspecified atom stereocenters. The minimum Gasteiger partial charge on any atom is -0.497 e. The highest BCUT2D eigenvalue weighted by atomic mass is 19.3. The van der Waals surface area contributed by atoms with Crippen molar-refractivity contribution in [1.82, 2.24) is 104 Å². The summed E-state index contributed by atoms with van der Waals surface area (Å²) in [6.45, 7) is 24.2. The smallest absolute Gasteiger partial charge is 0.257 e. The highest BCUT2D eigenvalue weighted by molar-refractivity contribution is 5.87. The molecule has 36 heteroatoms. The first kappa shape index (κ1) is 104. The number of halogens is 2. The minimum atomic E-state index is -2.87. The molecule has 752 valence electrons. The van der Waals surface area contributed by atoms with E-state index < -0.39 is 18.6 Å². The van der Waals surface area contributed by atoms with Crippen molar-refractivity contribution in [2.24, 2.45) is 28.2 Å². The Balaban J connectivity index is 0.000000151. The minimum absolute atomic E-state index is 0.0143. The molecule has 9 heterocycles. The number of piperazine rings is 1. The van der Waals surface area contributed by atoms with Crippen molar-refractivity contribution >= 4 is 89.6 Å². The second-order valence-electron chi connectivity index (χ2n) is 35.2. The van der Waals surface area contributed by atoms with E-state index in [-0.39, 0.29) is 13.1 Å². The summed E-state index contributed by atoms with van der Waals surface area (Å²) in [4.78, 5) is 54.2. The number of anilines is 8. The van der Waals surface area contributed by atoms with Gasteiger partial charge in [0, 0.05) is 278 Å². The second-order valence-corrected chi connectivity index (χ2v) is 35.2. The Hall–Kier alpha value is -14.8. The lowest BCUT2D eigenvalue weighted by molar-refractivity contribution is 0.0199. The first-order valence-corrected chi connectivity index (χ1v) is 48.0. The molecular formula is C107H131F2N25O9. The van der Waals surface area contributed by atoms with Crippen LogP contribution in [-0.2, 0) is 28.2 Å². The number of hydrogen-bond donors (Lipinski definition) is 3. The third-order valence-electron chi connectivity index (χ3n) is 24.5. The first-order chi connectivity index (χ1) is 69.2. The number of fused-ring (bicyclic) bond motifs is 4. The maximum Gasteiger partial charge on any atom is 0.257 e. The summed E-state index contributed by atoms with van der Waals surface area (Å²) in [5.74, 6) is 2.77. The number of aryl methyl sites for hydroxylation is 4. The van der Waals surface area contributed by atoms with E-state index in [0.29, 0.717) is 40.0 Å². The lowest BCUT2D eigenvalue weighted by Gasteiger charge is -2.36. The average molecular weight is 1950 g/mol. The van der Waals surface area contributed by atoms with Gasteiger partial charge in [-0.1, -0.05) is 20.8 Å². The second kappa shape index (κ2) is 49.5. The topological polar surface area (TPSA) is 315 Å². The number of nitrogens with one attached hydrogen (secondary N) is 2. The van der Waals surface area contributed by atoms with Gasteiger partial charge in [0.1, 0.15) is 46.0 Å². The van der Waals surface area contributed by atoms with Crippen LogP contribution in [0.25, 0.3) is 89.2 Å². The third-order valence-corrected chi connectivity index (χ3v) is 24.5. The first-order valence-electron chi connectivity index (χ1n) is 48.0. The van der Waals surface area contributed by atoms with Crippen LogP contribution in [-0.4, -0.2) is 278 Å². The molecule has 16 aromatic rings. The molecule has 0 spiro atoms. The van der Waals surface area contributed by atoms with Gasteiger partial charge in [-0.25, -0.2) is 28.7 Å². The summed E-state index contributed by atoms with van der Waals surface area (Å²) >= 11 is 0. The number of nitrogens with zero attached hydrogens (tertiary/aromatic N) is 23. The van der Waals surface area contributed by atoms with Gasteiger partial charge in [-0.05, 0) is 119 Å². The zero-order chi connectivity index (χ0) is 101. The number of aliphatic hydroxyl groups excluding tert-OH is 1. The van der Waals surface area contributed by atoms with Crippen LogP contribution in [0.1, 0.15) is 54.4 Å². The van der Waals surface area contributed by atoms with Crippen molar-refractivity contribution in [2.75, 3.05) is 181 Å². The van der Waals surface area contributed by atoms with E-state index in [1.807, 2.05) is 161 Å². The van der Waals surface area contributed by atoms with Crippen LogP contribution in [0.3, 0.4) is 0 Å². The van der Waals surface area contributed by atoms with Crippen molar-refractivity contribution in [2.45, 2.75) is 72.5 Å². The fourth-order valence-corrected chi connectivity index (χ4v) is 16.8. The number of alkyl halides is 2. The maximum absolute atomic E-state index is 13.2. The Morgan fingerprint density at radius 1 is 0.357 bits per heavy atom. The summed E-state index contributed by atoms with van der Waals surface area (Å²) < 4.78 is 77.7. The number of methoxy groups -OCH3 is 8. The van der Waals surface area contributed by atoms with E-state index in [9.17, 15) is 13.9 Å². The van der Waals surface area contributed by atoms with Crippen molar-refractivity contribution in [3.05, 3.63) is 220 Å². The Kier molecular flexibility index (Phi) is 36.0. The van der Waals surface area contributed by atoms with Gasteiger partial charge in [0.2, 0.25) is 0 Å². The van der Waals surface area contributed by atoms with Crippen LogP contribution in [0.2, 0.25) is 0 Å². The van der Waals surface area contributed by atoms with Gasteiger partial charge in [0.15, 0.2) is 0 Å². The normalized spacial score (nSPS) is 12.5. The van der Waals surface area contributed by atoms with Crippen LogP contribution in [0.15, 0.2) is 220 Å². The Bertz CT molecular complexity index is 6760. The number of likely N-dealkylation sites (N-methyl/N-ethyl adjacent to an activating group) is 1. The third kappa shape index (κ3) is 27.9. The van der Waals surface area contributed by atoms with E-state index >= 15 is 0 Å². The molecule has 1 aliphatic rings. The monoisotopic (exact) mass is 1950 g/mol. The molecule has 0 radical (unpaired) electrons. The van der Waals surface area contributed by atoms with Crippen molar-refractivity contribution in [3.8, 4) is 91.0 Å². The molecule has 0 aliphatic carbocycles. The number of rotatable bonds is 41. The molecule has 3 N–H and O–H groups in total. The Labute approximate surface area is 834 Å². The predicted octanol–water partition coefficient (Wildman–Crippen LogP) is 17.1. The maximum atomic E-state index is 13.2. The van der Waals surface area contributed by atoms with E-state index in [4.69, 9.17) is 57.8 Å². The average Bonchev–Trinajstić information content (AvgIpc) is 1.36. The molecule has 0 saturated carbocycles. The molecule has 1 fully saturated rings. The molecule has 1 atom stereocenters. The van der Waals surface area contributed by atoms with Gasteiger partial charge in [0.05, 0.1) is 193 Å². The van der Waals surface area contributed by atoms with E-state index in [1.165, 1.54) is 13.0 Å². The van der Waals surface area contributed by atoms with Crippen LogP contribution < -0.4 is 68.1 Å². The van der Waals surface area contributed by atoms with Crippen LogP contribution in [0.4, 0.5) is 54.3 Å². The quantitative estimate of drug-likeness (QED) is 0.0300. The molecule has 34 nitrogen and oxygen atoms in total. The number of aliphatic hydroxyl groups is 1. The van der Waals surface area contributed by atoms with Gasteiger partial charge in [0.25, 0.3) is 5.92 Å². The number of ether oxygens (including phenoxy) is 8. The van der Waals surface area contributed by atoms with Gasteiger partial charge in [-0.15, -0.1) is 0 Å². The molecule has 0 amide bonds. The molecule has 1 saturated heterocycles. The number of benzene rings is 8. The fraction of sp³-hybridized carbons (Fsp3) is 0.364. The lowest BCUT2D eigenvalue weighted by atomic mass is 10.1. The molecule has 8 aromatic carbocycles. The van der Waals surface area contributed by atoms with E-state index in [1.54, 1.807) is 119 Å². The van der Waals surface area contributed by atoms with E-state index in [0.717, 1.165) is 239 Å². The molecule has 8 aromatic heterocycles. The van der Waals surface area contributed by atoms with Gasteiger partial charge >= 0.3 is 0 Å². The molecule has 17 rings (SSSR count). The predicted molar refractivity (Wildman–Crippen MR) is 561 cm³/mol. The zero-order valence-corrected chi connectivity index (χ0v) is 84.9. The zero-order valence-electron chi connectivity index (χ0n) is 84.9. The number of aromatic nitrogens is 16. The molecule has 143 heavy (non-hydrogen) atoms. The standard InChI is InChI=1S/C29H37N7O2.C27H34N6O2.C26H30F2N6O3.C25H30N6O2/c1-5-8-34-9-11-35(12-10-34)13-14-36(24-15-25(37-3)18-26(16-24)38-4)23-6-7-27-28(17-23)32-29(20-30-27)22-19-31-33(2)21-22;1-7-32(19(2)3)10-11-33(22-12-23(34-5)15-24(13-22)35-6)21-8-9-25-26(14-21)30-27(17-28-25)20-16-29-31(4)18-20;1-26(27,28)16-29-12-20(35)15-34(19-7-21(36-3)10-22(8-19)37-4)18-5-6-23-24(9-18)32-25(13-30-23)17-11-31-33(2)14-17;1-5-8-26-9-10-31(20-11-21(32-3)14-22(12-20)33-4)19-6-7-23-24(13-19)29-25(16-27-23)18-15-28-30(2)17-18/h6-7,15-21H,5,8-14H2,1-4H3;8-9,12-19H,7,10-11H2,1-6H3;5-11,13-14,20,29,35H,12,15-16H2,1-4H3;6-7,11-17,26H,5,8-10H2,1-4H3/t;;20-;/m..1./s1. The van der Waals surface area contributed by atoms with Crippen molar-refractivity contribution < 1.29 is 51.8 Å². The van der Waals surface area contributed by atoms with Crippen molar-refractivity contribution in [1.29, 1.82) is 0 Å². The fourth-order valence-electron chi connectivity index (χ4n) is 16.8. The summed E-state index contributed by atoms with van der Waals surface area (Å²) in [5, 5.41) is 33.9. The summed E-state index contributed by atoms with van der Waals surface area (Å²) in [7, 11) is 20.7. The van der Waals surface area contributed by atoms with Crippen LogP contribution in [0, 0.1) is 0 Å². The summed E-state index contributed by atoms with van der Waals surface area (Å²) in [6, 6.07) is 48.0. The number of hydrogen-bond acceptors (Lipinski definition) is 30. The lowest BCUT2D eigenvalue weighted by Crippen LogP contribution is -2.48. The largest absolute Gasteiger partial charge is 0.497 e.